The molecule has 0 aliphatic heterocycles. The molecule has 2 aromatic rings. The molecule has 0 saturated heterocycles. The van der Waals surface area contributed by atoms with Crippen molar-refractivity contribution in [2.24, 2.45) is 0 Å². The average Bonchev–Trinajstić information content (AvgIpc) is 2.55. The van der Waals surface area contributed by atoms with Crippen LogP contribution in [0.4, 0.5) is 11.4 Å². The Kier molecular flexibility index (Phi) is 5.34. The van der Waals surface area contributed by atoms with Crippen molar-refractivity contribution in [2.45, 2.75) is 0 Å². The maximum Gasteiger partial charge on any atom is 0.267 e. The average molecular weight is 356 g/mol. The van der Waals surface area contributed by atoms with Crippen molar-refractivity contribution in [3.8, 4) is 6.07 Å². The number of nitrogens with one attached hydrogen (secondary N) is 1. The summed E-state index contributed by atoms with van der Waals surface area (Å²) < 4.78 is 0.922. The van der Waals surface area contributed by atoms with Crippen molar-refractivity contribution >= 4 is 33.2 Å². The number of nitrogens with zero attached hydrogens (tertiary/aromatic N) is 2. The summed E-state index contributed by atoms with van der Waals surface area (Å²) in [6, 6.07) is 18.6. The summed E-state index contributed by atoms with van der Waals surface area (Å²) in [5.41, 5.74) is 1.57. The van der Waals surface area contributed by atoms with Crippen molar-refractivity contribution in [3.63, 3.8) is 0 Å². The van der Waals surface area contributed by atoms with Gasteiger partial charge in [-0.2, -0.15) is 5.26 Å². The molecule has 0 bridgehead atoms. The number of rotatable bonds is 4. The first kappa shape index (κ1) is 15.8. The van der Waals surface area contributed by atoms with Crippen LogP contribution in [0.3, 0.4) is 0 Å². The molecule has 0 atom stereocenters. The van der Waals surface area contributed by atoms with Crippen LogP contribution in [-0.2, 0) is 4.79 Å². The van der Waals surface area contributed by atoms with Crippen LogP contribution in [-0.4, -0.2) is 13.0 Å². The van der Waals surface area contributed by atoms with Crippen molar-refractivity contribution in [2.75, 3.05) is 17.3 Å². The summed E-state index contributed by atoms with van der Waals surface area (Å²) in [5.74, 6) is -0.437. The van der Waals surface area contributed by atoms with Gasteiger partial charge in [0.1, 0.15) is 11.6 Å². The van der Waals surface area contributed by atoms with Gasteiger partial charge in [0, 0.05) is 29.1 Å². The molecule has 110 valence electrons. The predicted molar refractivity (Wildman–Crippen MR) is 91.3 cm³/mol. The number of amides is 1. The van der Waals surface area contributed by atoms with Gasteiger partial charge in [-0.25, -0.2) is 0 Å². The number of halogens is 1. The van der Waals surface area contributed by atoms with E-state index in [1.807, 2.05) is 48.5 Å². The van der Waals surface area contributed by atoms with Gasteiger partial charge < -0.3 is 10.2 Å². The van der Waals surface area contributed by atoms with Crippen LogP contribution >= 0.6 is 15.9 Å². The van der Waals surface area contributed by atoms with E-state index in [1.165, 1.54) is 6.20 Å². The van der Waals surface area contributed by atoms with Gasteiger partial charge in [-0.05, 0) is 36.4 Å². The minimum Gasteiger partial charge on any atom is -0.350 e. The van der Waals surface area contributed by atoms with E-state index in [1.54, 1.807) is 24.1 Å². The van der Waals surface area contributed by atoms with Crippen molar-refractivity contribution in [1.82, 2.24) is 0 Å². The number of para-hydroxylation sites is 1. The van der Waals surface area contributed by atoms with E-state index in [0.29, 0.717) is 5.69 Å². The van der Waals surface area contributed by atoms with Gasteiger partial charge in [-0.1, -0.05) is 34.1 Å². The Morgan fingerprint density at radius 2 is 1.82 bits per heavy atom. The molecule has 2 aromatic carbocycles. The van der Waals surface area contributed by atoms with Crippen LogP contribution in [0.5, 0.6) is 0 Å². The Hall–Kier alpha value is -2.58. The highest BCUT2D eigenvalue weighted by Crippen LogP contribution is 2.16. The number of nitriles is 1. The molecule has 0 heterocycles. The van der Waals surface area contributed by atoms with Gasteiger partial charge >= 0.3 is 0 Å². The summed E-state index contributed by atoms with van der Waals surface area (Å²) in [6.07, 6.45) is 1.52. The van der Waals surface area contributed by atoms with E-state index in [9.17, 15) is 10.1 Å². The molecule has 0 aliphatic rings. The van der Waals surface area contributed by atoms with Gasteiger partial charge in [0.15, 0.2) is 0 Å². The highest BCUT2D eigenvalue weighted by atomic mass is 79.9. The summed E-state index contributed by atoms with van der Waals surface area (Å²) in [4.78, 5) is 13.9. The van der Waals surface area contributed by atoms with Crippen LogP contribution in [0.1, 0.15) is 0 Å². The SMILES string of the molecule is CN(/C=C(/C#N)C(=O)Nc1ccc(Br)cc1)c1ccccc1. The van der Waals surface area contributed by atoms with Gasteiger partial charge in [0.2, 0.25) is 0 Å². The summed E-state index contributed by atoms with van der Waals surface area (Å²) >= 11 is 3.33. The van der Waals surface area contributed by atoms with Crippen LogP contribution in [0.25, 0.3) is 0 Å². The molecular formula is C17H14BrN3O. The minimum absolute atomic E-state index is 0.0364. The lowest BCUT2D eigenvalue weighted by Gasteiger charge is -2.14. The highest BCUT2D eigenvalue weighted by molar-refractivity contribution is 9.10. The molecule has 0 saturated carbocycles. The zero-order valence-corrected chi connectivity index (χ0v) is 13.5. The summed E-state index contributed by atoms with van der Waals surface area (Å²) in [6.45, 7) is 0. The molecule has 5 heteroatoms. The Balaban J connectivity index is 2.13. The van der Waals surface area contributed by atoms with Gasteiger partial charge in [0.25, 0.3) is 5.91 Å². The van der Waals surface area contributed by atoms with Crippen LogP contribution in [0.15, 0.2) is 70.8 Å². The van der Waals surface area contributed by atoms with Crippen LogP contribution in [0, 0.1) is 11.3 Å². The van der Waals surface area contributed by atoms with E-state index in [-0.39, 0.29) is 5.57 Å². The van der Waals surface area contributed by atoms with E-state index < -0.39 is 5.91 Å². The Labute approximate surface area is 137 Å². The molecule has 0 radical (unpaired) electrons. The fraction of sp³-hybridized carbons (Fsp3) is 0.0588. The third kappa shape index (κ3) is 4.21. The Morgan fingerprint density at radius 1 is 1.18 bits per heavy atom. The van der Waals surface area contributed by atoms with E-state index >= 15 is 0 Å². The molecule has 0 unspecified atom stereocenters. The summed E-state index contributed by atoms with van der Waals surface area (Å²) in [5, 5.41) is 11.9. The van der Waals surface area contributed by atoms with Gasteiger partial charge in [-0.15, -0.1) is 0 Å². The van der Waals surface area contributed by atoms with Crippen molar-refractivity contribution in [3.05, 3.63) is 70.8 Å². The fourth-order valence-electron chi connectivity index (χ4n) is 1.80. The zero-order chi connectivity index (χ0) is 15.9. The molecule has 4 nitrogen and oxygen atoms in total. The monoisotopic (exact) mass is 355 g/mol. The normalized spacial score (nSPS) is 10.7. The van der Waals surface area contributed by atoms with Crippen molar-refractivity contribution < 1.29 is 4.79 Å². The first-order chi connectivity index (χ1) is 10.6. The van der Waals surface area contributed by atoms with Crippen LogP contribution in [0.2, 0.25) is 0 Å². The van der Waals surface area contributed by atoms with Crippen molar-refractivity contribution in [1.29, 1.82) is 5.26 Å². The standard InChI is InChI=1S/C17H14BrN3O/c1-21(16-5-3-2-4-6-16)12-13(11-19)17(22)20-15-9-7-14(18)8-10-15/h2-10,12H,1H3,(H,20,22)/b13-12-. The highest BCUT2D eigenvalue weighted by Gasteiger charge is 2.11. The molecule has 0 aliphatic carbocycles. The lowest BCUT2D eigenvalue weighted by molar-refractivity contribution is -0.112. The topological polar surface area (TPSA) is 56.1 Å². The number of hydrogen-bond acceptors (Lipinski definition) is 3. The van der Waals surface area contributed by atoms with E-state index in [0.717, 1.165) is 10.2 Å². The number of carbonyl (C=O) groups excluding carboxylic acids is 1. The molecule has 1 amide bonds. The summed E-state index contributed by atoms with van der Waals surface area (Å²) in [7, 11) is 1.79. The molecule has 0 fully saturated rings. The molecule has 0 spiro atoms. The second-order valence-electron chi connectivity index (χ2n) is 4.56. The number of anilines is 2. The van der Waals surface area contributed by atoms with Gasteiger partial charge in [0.05, 0.1) is 0 Å². The quantitative estimate of drug-likeness (QED) is 0.667. The maximum atomic E-state index is 12.2. The third-order valence-corrected chi connectivity index (χ3v) is 3.48. The second-order valence-corrected chi connectivity index (χ2v) is 5.48. The maximum absolute atomic E-state index is 12.2. The first-order valence-corrected chi connectivity index (χ1v) is 7.36. The number of benzene rings is 2. The predicted octanol–water partition coefficient (Wildman–Crippen LogP) is 3.93. The molecular weight excluding hydrogens is 342 g/mol. The fourth-order valence-corrected chi connectivity index (χ4v) is 2.07. The van der Waals surface area contributed by atoms with E-state index in [4.69, 9.17) is 0 Å². The van der Waals surface area contributed by atoms with Crippen LogP contribution < -0.4 is 10.2 Å². The van der Waals surface area contributed by atoms with E-state index in [2.05, 4.69) is 21.2 Å². The number of hydrogen-bond donors (Lipinski definition) is 1. The molecule has 22 heavy (non-hydrogen) atoms. The molecule has 0 aromatic heterocycles. The Bertz CT molecular complexity index is 718. The number of carbonyl (C=O) groups is 1. The lowest BCUT2D eigenvalue weighted by Crippen LogP contribution is -2.17. The molecule has 1 N–H and O–H groups in total. The minimum atomic E-state index is -0.437. The molecule has 2 rings (SSSR count). The first-order valence-electron chi connectivity index (χ1n) is 6.57. The third-order valence-electron chi connectivity index (χ3n) is 2.95. The second kappa shape index (κ2) is 7.43. The smallest absolute Gasteiger partial charge is 0.267 e. The zero-order valence-electron chi connectivity index (χ0n) is 12.0. The van der Waals surface area contributed by atoms with Gasteiger partial charge in [-0.3, -0.25) is 4.79 Å². The largest absolute Gasteiger partial charge is 0.350 e. The Morgan fingerprint density at radius 3 is 2.41 bits per heavy atom. The lowest BCUT2D eigenvalue weighted by atomic mass is 10.2.